The van der Waals surface area contributed by atoms with Gasteiger partial charge in [0.1, 0.15) is 18.5 Å². The van der Waals surface area contributed by atoms with E-state index in [1.807, 2.05) is 0 Å². The molecule has 6 rings (SSSR count). The third kappa shape index (κ3) is 7.07. The molecule has 0 amide bonds. The zero-order valence-electron chi connectivity index (χ0n) is 28.0. The summed E-state index contributed by atoms with van der Waals surface area (Å²) in [7, 11) is 0. The third-order valence-electron chi connectivity index (χ3n) is 8.52. The van der Waals surface area contributed by atoms with Crippen molar-refractivity contribution < 1.29 is 99.0 Å². The second kappa shape index (κ2) is 14.7. The molecule has 0 spiro atoms. The van der Waals surface area contributed by atoms with Gasteiger partial charge in [-0.25, -0.2) is 19.2 Å². The van der Waals surface area contributed by atoms with Crippen LogP contribution in [0.1, 0.15) is 36.6 Å². The van der Waals surface area contributed by atoms with Crippen molar-refractivity contribution in [3.63, 3.8) is 0 Å². The van der Waals surface area contributed by atoms with Gasteiger partial charge in [-0.1, -0.05) is 12.1 Å². The summed E-state index contributed by atoms with van der Waals surface area (Å²) in [5, 5.41) is 114. The molecule has 292 valence electrons. The SMILES string of the molecule is O=C(C=Cc1ccc(O)cc1)OC1OC2COC(=O)c3cc(O)c(O)c(O)c3-c3c(cc(O)c(O)c3O)C(=O)OC2C(OC(=O)c2cc(O)c(O)c(O)c2)C1O. The van der Waals surface area contributed by atoms with Gasteiger partial charge in [0, 0.05) is 17.2 Å². The van der Waals surface area contributed by atoms with E-state index in [0.717, 1.165) is 6.08 Å². The van der Waals surface area contributed by atoms with Gasteiger partial charge in [0.2, 0.25) is 17.8 Å². The van der Waals surface area contributed by atoms with Crippen molar-refractivity contribution in [3.8, 4) is 68.6 Å². The number of cyclic esters (lactones) is 1. The van der Waals surface area contributed by atoms with E-state index in [2.05, 4.69) is 0 Å². The highest BCUT2D eigenvalue weighted by molar-refractivity contribution is 6.08. The van der Waals surface area contributed by atoms with Crippen LogP contribution in [0, 0.1) is 0 Å². The van der Waals surface area contributed by atoms with Gasteiger partial charge in [-0.15, -0.1) is 0 Å². The molecule has 20 nitrogen and oxygen atoms in total. The van der Waals surface area contributed by atoms with E-state index < -0.39 is 141 Å². The highest BCUT2D eigenvalue weighted by Gasteiger charge is 2.52. The molecule has 5 unspecified atom stereocenters. The zero-order chi connectivity index (χ0) is 40.7. The average molecular weight is 781 g/mol. The van der Waals surface area contributed by atoms with Crippen molar-refractivity contribution in [3.05, 3.63) is 76.9 Å². The van der Waals surface area contributed by atoms with Crippen LogP contribution in [0.25, 0.3) is 17.2 Å². The maximum absolute atomic E-state index is 14.0. The van der Waals surface area contributed by atoms with Crippen LogP contribution >= 0.6 is 0 Å². The van der Waals surface area contributed by atoms with E-state index in [9.17, 15) is 75.3 Å². The third-order valence-corrected chi connectivity index (χ3v) is 8.52. The van der Waals surface area contributed by atoms with Crippen LogP contribution in [-0.4, -0.2) is 117 Å². The van der Waals surface area contributed by atoms with E-state index in [-0.39, 0.29) is 5.75 Å². The van der Waals surface area contributed by atoms with Gasteiger partial charge in [0.25, 0.3) is 0 Å². The molecular formula is C36H28O20. The first-order valence-electron chi connectivity index (χ1n) is 15.9. The van der Waals surface area contributed by atoms with Crippen LogP contribution in [0.3, 0.4) is 0 Å². The Kier molecular flexibility index (Phi) is 10.0. The minimum Gasteiger partial charge on any atom is -0.508 e. The van der Waals surface area contributed by atoms with Crippen LogP contribution in [0.5, 0.6) is 57.5 Å². The number of hydrogen-bond donors (Lipinski definition) is 11. The van der Waals surface area contributed by atoms with E-state index in [4.69, 9.17) is 23.7 Å². The molecule has 5 atom stereocenters. The molecule has 0 aliphatic carbocycles. The van der Waals surface area contributed by atoms with Crippen LogP contribution in [0.4, 0.5) is 0 Å². The van der Waals surface area contributed by atoms with Crippen molar-refractivity contribution in [1.82, 2.24) is 0 Å². The predicted octanol–water partition coefficient (Wildman–Crippen LogP) is 1.67. The summed E-state index contributed by atoms with van der Waals surface area (Å²) >= 11 is 0. The summed E-state index contributed by atoms with van der Waals surface area (Å²) in [6.45, 7) is -1.03. The van der Waals surface area contributed by atoms with E-state index in [1.54, 1.807) is 0 Å². The number of esters is 4. The van der Waals surface area contributed by atoms with E-state index >= 15 is 0 Å². The first-order chi connectivity index (χ1) is 26.5. The van der Waals surface area contributed by atoms with Crippen molar-refractivity contribution in [2.24, 2.45) is 0 Å². The summed E-state index contributed by atoms with van der Waals surface area (Å²) in [6.07, 6.45) is -8.43. The minimum absolute atomic E-state index is 0.0652. The maximum Gasteiger partial charge on any atom is 0.339 e. The predicted molar refractivity (Wildman–Crippen MR) is 180 cm³/mol. The summed E-state index contributed by atoms with van der Waals surface area (Å²) in [6, 6.07) is 7.89. The Hall–Kier alpha value is -7.58. The number of aliphatic hydroxyl groups is 1. The maximum atomic E-state index is 14.0. The van der Waals surface area contributed by atoms with Gasteiger partial charge in [-0.3, -0.25) is 0 Å². The average Bonchev–Trinajstić information content (AvgIpc) is 3.17. The molecule has 1 saturated heterocycles. The van der Waals surface area contributed by atoms with Crippen molar-refractivity contribution >= 4 is 30.0 Å². The Balaban J connectivity index is 1.45. The highest BCUT2D eigenvalue weighted by Crippen LogP contribution is 2.53. The van der Waals surface area contributed by atoms with Crippen molar-refractivity contribution in [2.75, 3.05) is 6.61 Å². The summed E-state index contributed by atoms with van der Waals surface area (Å²) in [5.74, 6) is -16.3. The number of hydrogen-bond acceptors (Lipinski definition) is 20. The Morgan fingerprint density at radius 2 is 1.21 bits per heavy atom. The van der Waals surface area contributed by atoms with E-state index in [0.29, 0.717) is 29.8 Å². The number of rotatable bonds is 5. The lowest BCUT2D eigenvalue weighted by Crippen LogP contribution is -2.62. The molecule has 1 fully saturated rings. The molecule has 0 radical (unpaired) electrons. The molecule has 2 aliphatic heterocycles. The topological polar surface area (TPSA) is 337 Å². The molecule has 56 heavy (non-hydrogen) atoms. The van der Waals surface area contributed by atoms with Gasteiger partial charge < -0.3 is 79.9 Å². The van der Waals surface area contributed by atoms with Gasteiger partial charge in [0.05, 0.1) is 16.7 Å². The highest BCUT2D eigenvalue weighted by atomic mass is 16.7. The number of aromatic hydroxyl groups is 10. The first kappa shape index (κ1) is 38.2. The second-order valence-electron chi connectivity index (χ2n) is 12.1. The van der Waals surface area contributed by atoms with Gasteiger partial charge in [-0.05, 0) is 48.0 Å². The van der Waals surface area contributed by atoms with Gasteiger partial charge >= 0.3 is 23.9 Å². The smallest absolute Gasteiger partial charge is 0.339 e. The fraction of sp³-hybridized carbons (Fsp3) is 0.167. The summed E-state index contributed by atoms with van der Waals surface area (Å²) in [4.78, 5) is 53.8. The van der Waals surface area contributed by atoms with Crippen LogP contribution in [0.15, 0.2) is 54.6 Å². The van der Waals surface area contributed by atoms with Crippen LogP contribution < -0.4 is 0 Å². The standard InChI is InChI=1S/C36H28O20/c37-14-4-1-12(2-5-14)3-6-22(42)54-36-30(48)32(56-33(49)13-7-17(38)25(43)18(39)8-13)31-21(53-36)11-52-34(50)15-9-19(40)26(44)28(46)23(15)24-16(35(51)55-31)10-20(41)27(45)29(24)47/h1-10,21,30-32,36-41,43-48H,11H2. The number of aliphatic hydroxyl groups excluding tert-OH is 1. The fourth-order valence-electron chi connectivity index (χ4n) is 5.76. The number of fused-ring (bicyclic) bond motifs is 4. The number of phenols is 10. The molecule has 4 aromatic rings. The first-order valence-corrected chi connectivity index (χ1v) is 15.9. The van der Waals surface area contributed by atoms with Crippen LogP contribution in [0.2, 0.25) is 0 Å². The number of ether oxygens (including phenoxy) is 5. The molecule has 2 aliphatic rings. The quantitative estimate of drug-likeness (QED) is 0.0593. The van der Waals surface area contributed by atoms with E-state index in [1.165, 1.54) is 30.3 Å². The van der Waals surface area contributed by atoms with Gasteiger partial charge in [-0.2, -0.15) is 0 Å². The molecule has 0 bridgehead atoms. The normalized spacial score (nSPS) is 20.7. The Morgan fingerprint density at radius 3 is 1.79 bits per heavy atom. The Bertz CT molecular complexity index is 2270. The molecule has 0 saturated carbocycles. The largest absolute Gasteiger partial charge is 0.508 e. The second-order valence-corrected chi connectivity index (χ2v) is 12.1. The van der Waals surface area contributed by atoms with Gasteiger partial charge in [0.15, 0.2) is 58.6 Å². The number of phenolic OH excluding ortho intramolecular Hbond substituents is 10. The fourth-order valence-corrected chi connectivity index (χ4v) is 5.76. The lowest BCUT2D eigenvalue weighted by molar-refractivity contribution is -0.289. The molecule has 2 heterocycles. The Labute approximate surface area is 311 Å². The number of benzene rings is 4. The molecule has 11 N–H and O–H groups in total. The zero-order valence-corrected chi connectivity index (χ0v) is 28.0. The number of carbonyl (C=O) groups is 4. The molecule has 20 heteroatoms. The molecule has 0 aromatic heterocycles. The van der Waals surface area contributed by atoms with Crippen molar-refractivity contribution in [1.29, 1.82) is 0 Å². The lowest BCUT2D eigenvalue weighted by atomic mass is 9.92. The number of carbonyl (C=O) groups excluding carboxylic acids is 4. The Morgan fingerprint density at radius 1 is 0.679 bits per heavy atom. The summed E-state index contributed by atoms with van der Waals surface area (Å²) in [5.41, 5.74) is -3.91. The molecule has 4 aromatic carbocycles. The summed E-state index contributed by atoms with van der Waals surface area (Å²) < 4.78 is 27.3. The molecular weight excluding hydrogens is 752 g/mol. The monoisotopic (exact) mass is 780 g/mol. The van der Waals surface area contributed by atoms with Crippen LogP contribution in [-0.2, 0) is 28.5 Å². The lowest BCUT2D eigenvalue weighted by Gasteiger charge is -2.42. The minimum atomic E-state index is -2.28. The van der Waals surface area contributed by atoms with Crippen molar-refractivity contribution in [2.45, 2.75) is 30.7 Å².